The monoisotopic (exact) mass is 472 g/mol. The number of anilines is 1. The van der Waals surface area contributed by atoms with Crippen molar-refractivity contribution in [2.75, 3.05) is 17.1 Å². The third-order valence-electron chi connectivity index (χ3n) is 4.81. The van der Waals surface area contributed by atoms with Gasteiger partial charge in [-0.3, -0.25) is 13.4 Å². The molecule has 0 aliphatic carbocycles. The lowest BCUT2D eigenvalue weighted by atomic mass is 9.85. The lowest BCUT2D eigenvalue weighted by molar-refractivity contribution is 0.182. The van der Waals surface area contributed by atoms with E-state index in [1.807, 2.05) is 32.9 Å². The van der Waals surface area contributed by atoms with Gasteiger partial charge in [0.2, 0.25) is 0 Å². The Labute approximate surface area is 184 Å². The standard InChI is InChI=1S/C20H28N2O7S2/c1-20(2,3)15-6-8-18(29-30(4,25)26)14(11-15)9-13-5-7-16(17(23)10-13)22-12-19(24)21-31(22,27)28/h5-8,10-11,19,21,23-24,27-28H,9,12H2,1-4H3. The molecule has 0 bridgehead atoms. The van der Waals surface area contributed by atoms with Gasteiger partial charge >= 0.3 is 10.1 Å². The number of phenols is 1. The molecule has 1 heterocycles. The van der Waals surface area contributed by atoms with Gasteiger partial charge in [-0.2, -0.15) is 13.1 Å². The Morgan fingerprint density at radius 2 is 1.87 bits per heavy atom. The summed E-state index contributed by atoms with van der Waals surface area (Å²) < 4.78 is 52.0. The molecule has 0 saturated carbocycles. The molecule has 172 valence electrons. The van der Waals surface area contributed by atoms with E-state index in [4.69, 9.17) is 4.18 Å². The number of phenolic OH excluding ortho intramolecular Hbond substituents is 1. The molecule has 1 unspecified atom stereocenters. The van der Waals surface area contributed by atoms with Crippen LogP contribution in [0, 0.1) is 0 Å². The maximum atomic E-state index is 11.7. The number of nitrogens with one attached hydrogen (secondary N) is 1. The van der Waals surface area contributed by atoms with E-state index in [0.29, 0.717) is 11.1 Å². The van der Waals surface area contributed by atoms with E-state index in [-0.39, 0.29) is 35.6 Å². The molecule has 0 aromatic heterocycles. The molecule has 1 saturated heterocycles. The SMILES string of the molecule is CC(C)(C)c1ccc(OS(C)(=O)=O)c(Cc2ccc(N3CC(O)NS3(O)O)c(O)c2)c1. The van der Waals surface area contributed by atoms with Gasteiger partial charge in [-0.25, -0.2) is 0 Å². The fraction of sp³-hybridized carbons (Fsp3) is 0.400. The van der Waals surface area contributed by atoms with Crippen molar-refractivity contribution in [1.82, 2.24) is 4.72 Å². The number of rotatable bonds is 5. The predicted molar refractivity (Wildman–Crippen MR) is 121 cm³/mol. The first-order valence-corrected chi connectivity index (χ1v) is 12.8. The summed E-state index contributed by atoms with van der Waals surface area (Å²) >= 11 is 0. The summed E-state index contributed by atoms with van der Waals surface area (Å²) in [6, 6.07) is 9.98. The molecular weight excluding hydrogens is 444 g/mol. The average Bonchev–Trinajstić information content (AvgIpc) is 2.86. The fourth-order valence-electron chi connectivity index (χ4n) is 3.32. The van der Waals surface area contributed by atoms with Gasteiger partial charge in [0.15, 0.2) is 0 Å². The van der Waals surface area contributed by atoms with Crippen molar-refractivity contribution >= 4 is 26.8 Å². The highest BCUT2D eigenvalue weighted by molar-refractivity contribution is 8.24. The third-order valence-corrected chi connectivity index (χ3v) is 6.84. The number of nitrogens with zero attached hydrogens (tertiary/aromatic N) is 1. The molecule has 2 aromatic rings. The molecule has 5 N–H and O–H groups in total. The Morgan fingerprint density at radius 1 is 1.19 bits per heavy atom. The summed E-state index contributed by atoms with van der Waals surface area (Å²) in [7, 11) is -7.17. The summed E-state index contributed by atoms with van der Waals surface area (Å²) in [5.41, 5.74) is 2.28. The van der Waals surface area contributed by atoms with Gasteiger partial charge < -0.3 is 14.4 Å². The van der Waals surface area contributed by atoms with E-state index in [9.17, 15) is 27.7 Å². The Hall–Kier alpha value is -2.02. The van der Waals surface area contributed by atoms with Gasteiger partial charge in [0, 0.05) is 12.0 Å². The van der Waals surface area contributed by atoms with Crippen LogP contribution in [0.25, 0.3) is 0 Å². The highest BCUT2D eigenvalue weighted by atomic mass is 32.3. The minimum atomic E-state index is -3.72. The van der Waals surface area contributed by atoms with E-state index in [0.717, 1.165) is 16.1 Å². The fourth-order valence-corrected chi connectivity index (χ4v) is 5.15. The van der Waals surface area contributed by atoms with Gasteiger partial charge in [0.05, 0.1) is 12.8 Å². The van der Waals surface area contributed by atoms with Gasteiger partial charge in [-0.05, 0) is 34.7 Å². The number of aliphatic hydroxyl groups is 1. The predicted octanol–water partition coefficient (Wildman–Crippen LogP) is 2.93. The molecule has 1 fully saturated rings. The third kappa shape index (κ3) is 5.62. The Bertz CT molecular complexity index is 1080. The summed E-state index contributed by atoms with van der Waals surface area (Å²) in [6.07, 6.45) is 0.117. The number of hydrogen-bond acceptors (Lipinski definition) is 9. The van der Waals surface area contributed by atoms with Crippen LogP contribution in [0.5, 0.6) is 11.5 Å². The van der Waals surface area contributed by atoms with Gasteiger partial charge in [-0.1, -0.05) is 49.9 Å². The second-order valence-corrected chi connectivity index (χ2v) is 11.9. The Balaban J connectivity index is 1.95. The molecule has 31 heavy (non-hydrogen) atoms. The zero-order valence-corrected chi connectivity index (χ0v) is 19.4. The number of aliphatic hydroxyl groups excluding tert-OH is 1. The van der Waals surface area contributed by atoms with E-state index >= 15 is 0 Å². The van der Waals surface area contributed by atoms with Crippen molar-refractivity contribution in [3.8, 4) is 11.5 Å². The molecule has 9 nitrogen and oxygen atoms in total. The highest BCUT2D eigenvalue weighted by Crippen LogP contribution is 2.49. The minimum Gasteiger partial charge on any atom is -0.506 e. The second kappa shape index (κ2) is 8.15. The highest BCUT2D eigenvalue weighted by Gasteiger charge is 2.36. The maximum absolute atomic E-state index is 11.7. The lowest BCUT2D eigenvalue weighted by Gasteiger charge is -2.36. The average molecular weight is 473 g/mol. The molecule has 0 amide bonds. The van der Waals surface area contributed by atoms with Crippen molar-refractivity contribution in [2.45, 2.75) is 38.8 Å². The molecular formula is C20H28N2O7S2. The molecule has 0 radical (unpaired) electrons. The van der Waals surface area contributed by atoms with E-state index < -0.39 is 27.3 Å². The second-order valence-electron chi connectivity index (χ2n) is 8.57. The number of benzene rings is 2. The summed E-state index contributed by atoms with van der Waals surface area (Å²) in [5, 5.41) is 20.2. The van der Waals surface area contributed by atoms with Gasteiger partial charge in [0.1, 0.15) is 23.4 Å². The van der Waals surface area contributed by atoms with Crippen molar-refractivity contribution < 1.29 is 31.9 Å². The summed E-state index contributed by atoms with van der Waals surface area (Å²) in [5.74, 6) is 0.00559. The van der Waals surface area contributed by atoms with Crippen LogP contribution in [0.3, 0.4) is 0 Å². The lowest BCUT2D eigenvalue weighted by Crippen LogP contribution is -2.25. The van der Waals surface area contributed by atoms with Crippen LogP contribution in [0.4, 0.5) is 5.69 Å². The van der Waals surface area contributed by atoms with Gasteiger partial charge in [-0.15, -0.1) is 0 Å². The quantitative estimate of drug-likeness (QED) is 0.416. The van der Waals surface area contributed by atoms with E-state index in [1.165, 1.54) is 12.1 Å². The largest absolute Gasteiger partial charge is 0.506 e. The van der Waals surface area contributed by atoms with E-state index in [1.54, 1.807) is 12.1 Å². The van der Waals surface area contributed by atoms with Crippen molar-refractivity contribution in [3.05, 3.63) is 53.1 Å². The first-order valence-electron chi connectivity index (χ1n) is 9.52. The Kier molecular flexibility index (Phi) is 6.22. The molecule has 11 heteroatoms. The molecule has 1 aliphatic heterocycles. The van der Waals surface area contributed by atoms with Crippen LogP contribution in [0.2, 0.25) is 0 Å². The first kappa shape index (κ1) is 23.6. The molecule has 1 atom stereocenters. The van der Waals surface area contributed by atoms with Crippen molar-refractivity contribution in [3.63, 3.8) is 0 Å². The topological polar surface area (TPSA) is 140 Å². The van der Waals surface area contributed by atoms with Gasteiger partial charge in [0.25, 0.3) is 0 Å². The van der Waals surface area contributed by atoms with Crippen molar-refractivity contribution in [2.24, 2.45) is 0 Å². The molecule has 0 spiro atoms. The van der Waals surface area contributed by atoms with Crippen LogP contribution in [0.1, 0.15) is 37.5 Å². The maximum Gasteiger partial charge on any atom is 0.306 e. The minimum absolute atomic E-state index is 0.102. The van der Waals surface area contributed by atoms with Crippen LogP contribution in [0.15, 0.2) is 36.4 Å². The first-order chi connectivity index (χ1) is 14.2. The molecule has 3 rings (SSSR count). The number of β-amino-alcohol motifs (C(OH)–C–C–N with tert-alkyl or cyclic N) is 1. The van der Waals surface area contributed by atoms with Crippen molar-refractivity contribution in [1.29, 1.82) is 0 Å². The molecule has 2 aromatic carbocycles. The zero-order valence-electron chi connectivity index (χ0n) is 17.7. The van der Waals surface area contributed by atoms with Crippen LogP contribution in [-0.2, 0) is 22.0 Å². The Morgan fingerprint density at radius 3 is 2.39 bits per heavy atom. The van der Waals surface area contributed by atoms with Crippen LogP contribution >= 0.6 is 11.0 Å². The summed E-state index contributed by atoms with van der Waals surface area (Å²) in [6.45, 7) is 6.03. The zero-order chi connectivity index (χ0) is 23.2. The number of hydrogen-bond donors (Lipinski definition) is 5. The number of aromatic hydroxyl groups is 1. The summed E-state index contributed by atoms with van der Waals surface area (Å²) in [4.78, 5) is 0. The van der Waals surface area contributed by atoms with Crippen LogP contribution in [-0.4, -0.2) is 46.8 Å². The van der Waals surface area contributed by atoms with E-state index in [2.05, 4.69) is 4.72 Å². The molecule has 1 aliphatic rings. The smallest absolute Gasteiger partial charge is 0.306 e. The normalized spacial score (nSPS) is 20.0. The van der Waals surface area contributed by atoms with Crippen LogP contribution < -0.4 is 13.2 Å².